The molecule has 0 saturated carbocycles. The minimum absolute atomic E-state index is 0.0829. The average Bonchev–Trinajstić information content (AvgIpc) is 3.03. The molecular weight excluding hydrogens is 346 g/mol. The van der Waals surface area contributed by atoms with Gasteiger partial charge in [-0.3, -0.25) is 19.7 Å². The minimum Gasteiger partial charge on any atom is -0.497 e. The first-order chi connectivity index (χ1) is 13.0. The molecule has 1 saturated heterocycles. The summed E-state index contributed by atoms with van der Waals surface area (Å²) in [6.07, 6.45) is 0.0829. The Morgan fingerprint density at radius 3 is 2.56 bits per heavy atom. The number of amides is 3. The molecule has 2 aromatic rings. The predicted octanol–water partition coefficient (Wildman–Crippen LogP) is 1.58. The Morgan fingerprint density at radius 1 is 1.19 bits per heavy atom. The van der Waals surface area contributed by atoms with Crippen molar-refractivity contribution in [3.8, 4) is 5.75 Å². The number of carbonyl (C=O) groups is 3. The van der Waals surface area contributed by atoms with Crippen LogP contribution in [-0.2, 0) is 16.1 Å². The molecule has 1 fully saturated rings. The molecule has 1 unspecified atom stereocenters. The first-order valence-electron chi connectivity index (χ1n) is 8.58. The highest BCUT2D eigenvalue weighted by atomic mass is 16.5. The lowest BCUT2D eigenvalue weighted by atomic mass is 10.1. The topological polar surface area (TPSA) is 102 Å². The van der Waals surface area contributed by atoms with Gasteiger partial charge in [-0.05, 0) is 29.8 Å². The molecule has 1 aliphatic heterocycles. The Bertz CT molecular complexity index is 864. The number of hydrogen-bond acceptors (Lipinski definition) is 5. The lowest BCUT2D eigenvalue weighted by Crippen LogP contribution is -2.37. The number of nitrogens with two attached hydrogens (primary N) is 1. The summed E-state index contributed by atoms with van der Waals surface area (Å²) in [4.78, 5) is 38.5. The fraction of sp³-hybridized carbons (Fsp3) is 0.250. The van der Waals surface area contributed by atoms with E-state index in [4.69, 9.17) is 10.5 Å². The van der Waals surface area contributed by atoms with E-state index in [1.807, 2.05) is 24.3 Å². The molecule has 3 amide bonds. The second kappa shape index (κ2) is 7.90. The predicted molar refractivity (Wildman–Crippen MR) is 99.8 cm³/mol. The molecule has 7 nitrogen and oxygen atoms in total. The molecule has 0 aromatic heterocycles. The van der Waals surface area contributed by atoms with Crippen LogP contribution >= 0.6 is 0 Å². The maximum atomic E-state index is 12.4. The number of rotatable bonds is 5. The standard InChI is InChI=1S/C20H21N3O4/c1-27-15-8-6-13(7-9-15)11-23-12-14(10-18(23)24)19(25)22-20(26)16-4-2-3-5-17(16)21/h2-9,14H,10-12,21H2,1H3,(H,22,25,26). The molecule has 0 radical (unpaired) electrons. The number of imide groups is 1. The van der Waals surface area contributed by atoms with Crippen molar-refractivity contribution in [3.63, 3.8) is 0 Å². The number of methoxy groups -OCH3 is 1. The minimum atomic E-state index is -0.565. The zero-order valence-electron chi connectivity index (χ0n) is 15.0. The molecule has 0 bridgehead atoms. The van der Waals surface area contributed by atoms with Crippen molar-refractivity contribution in [2.75, 3.05) is 19.4 Å². The van der Waals surface area contributed by atoms with E-state index in [-0.39, 0.29) is 24.4 Å². The third kappa shape index (κ3) is 4.25. The van der Waals surface area contributed by atoms with Crippen LogP contribution in [0.5, 0.6) is 5.75 Å². The molecule has 0 spiro atoms. The van der Waals surface area contributed by atoms with Crippen LogP contribution in [0.3, 0.4) is 0 Å². The van der Waals surface area contributed by atoms with Gasteiger partial charge in [0, 0.05) is 25.2 Å². The van der Waals surface area contributed by atoms with Crippen LogP contribution in [0.2, 0.25) is 0 Å². The van der Waals surface area contributed by atoms with Crippen LogP contribution in [-0.4, -0.2) is 36.3 Å². The van der Waals surface area contributed by atoms with E-state index in [1.165, 1.54) is 0 Å². The van der Waals surface area contributed by atoms with Gasteiger partial charge < -0.3 is 15.4 Å². The Kier molecular flexibility index (Phi) is 5.40. The van der Waals surface area contributed by atoms with Crippen molar-refractivity contribution in [2.45, 2.75) is 13.0 Å². The Morgan fingerprint density at radius 2 is 1.89 bits per heavy atom. The van der Waals surface area contributed by atoms with Gasteiger partial charge in [-0.2, -0.15) is 0 Å². The normalized spacial score (nSPS) is 16.3. The second-order valence-electron chi connectivity index (χ2n) is 6.43. The van der Waals surface area contributed by atoms with Gasteiger partial charge in [-0.15, -0.1) is 0 Å². The molecule has 1 aliphatic rings. The smallest absolute Gasteiger partial charge is 0.259 e. The van der Waals surface area contributed by atoms with Gasteiger partial charge >= 0.3 is 0 Å². The number of nitrogens with zero attached hydrogens (tertiary/aromatic N) is 1. The third-order valence-corrected chi connectivity index (χ3v) is 4.56. The number of benzene rings is 2. The SMILES string of the molecule is COc1ccc(CN2CC(C(=O)NC(=O)c3ccccc3N)CC2=O)cc1. The van der Waals surface area contributed by atoms with E-state index >= 15 is 0 Å². The van der Waals surface area contributed by atoms with Gasteiger partial charge in [-0.1, -0.05) is 24.3 Å². The van der Waals surface area contributed by atoms with Gasteiger partial charge in [0.15, 0.2) is 0 Å². The van der Waals surface area contributed by atoms with E-state index in [0.717, 1.165) is 11.3 Å². The van der Waals surface area contributed by atoms with Crippen molar-refractivity contribution < 1.29 is 19.1 Å². The summed E-state index contributed by atoms with van der Waals surface area (Å²) < 4.78 is 5.12. The number of para-hydroxylation sites is 1. The summed E-state index contributed by atoms with van der Waals surface area (Å²) in [5.41, 5.74) is 7.24. The molecular formula is C20H21N3O4. The summed E-state index contributed by atoms with van der Waals surface area (Å²) in [6, 6.07) is 13.9. The number of ether oxygens (including phenoxy) is 1. The molecule has 140 valence electrons. The van der Waals surface area contributed by atoms with Crippen LogP contribution in [0.25, 0.3) is 0 Å². The Balaban J connectivity index is 1.60. The molecule has 7 heteroatoms. The highest BCUT2D eigenvalue weighted by Crippen LogP contribution is 2.22. The average molecular weight is 367 g/mol. The largest absolute Gasteiger partial charge is 0.497 e. The molecule has 1 heterocycles. The summed E-state index contributed by atoms with van der Waals surface area (Å²) in [5, 5.41) is 2.35. The third-order valence-electron chi connectivity index (χ3n) is 4.56. The van der Waals surface area contributed by atoms with Gasteiger partial charge in [0.2, 0.25) is 11.8 Å². The van der Waals surface area contributed by atoms with Crippen molar-refractivity contribution in [1.29, 1.82) is 0 Å². The highest BCUT2D eigenvalue weighted by Gasteiger charge is 2.35. The number of nitrogens with one attached hydrogen (secondary N) is 1. The first-order valence-corrected chi connectivity index (χ1v) is 8.58. The number of hydrogen-bond donors (Lipinski definition) is 2. The van der Waals surface area contributed by atoms with E-state index in [2.05, 4.69) is 5.32 Å². The zero-order chi connectivity index (χ0) is 19.4. The number of carbonyl (C=O) groups excluding carboxylic acids is 3. The van der Waals surface area contributed by atoms with Gasteiger partial charge in [0.25, 0.3) is 5.91 Å². The molecule has 3 N–H and O–H groups in total. The van der Waals surface area contributed by atoms with Crippen LogP contribution in [0, 0.1) is 5.92 Å². The van der Waals surface area contributed by atoms with Gasteiger partial charge in [0.05, 0.1) is 18.6 Å². The van der Waals surface area contributed by atoms with Crippen LogP contribution in [0.15, 0.2) is 48.5 Å². The number of nitrogen functional groups attached to an aromatic ring is 1. The van der Waals surface area contributed by atoms with Crippen molar-refractivity contribution >= 4 is 23.4 Å². The zero-order valence-corrected chi connectivity index (χ0v) is 15.0. The van der Waals surface area contributed by atoms with Gasteiger partial charge in [0.1, 0.15) is 5.75 Å². The van der Waals surface area contributed by atoms with Crippen molar-refractivity contribution in [2.24, 2.45) is 5.92 Å². The van der Waals surface area contributed by atoms with Crippen molar-refractivity contribution in [3.05, 3.63) is 59.7 Å². The second-order valence-corrected chi connectivity index (χ2v) is 6.43. The molecule has 0 aliphatic carbocycles. The summed E-state index contributed by atoms with van der Waals surface area (Å²) >= 11 is 0. The lowest BCUT2D eigenvalue weighted by Gasteiger charge is -2.17. The molecule has 1 atom stereocenters. The maximum Gasteiger partial charge on any atom is 0.259 e. The van der Waals surface area contributed by atoms with E-state index in [1.54, 1.807) is 36.3 Å². The van der Waals surface area contributed by atoms with Crippen LogP contribution in [0.4, 0.5) is 5.69 Å². The van der Waals surface area contributed by atoms with Gasteiger partial charge in [-0.25, -0.2) is 0 Å². The van der Waals surface area contributed by atoms with Crippen LogP contribution in [0.1, 0.15) is 22.3 Å². The number of likely N-dealkylation sites (tertiary alicyclic amines) is 1. The maximum absolute atomic E-state index is 12.4. The van der Waals surface area contributed by atoms with E-state index in [9.17, 15) is 14.4 Å². The summed E-state index contributed by atoms with van der Waals surface area (Å²) in [7, 11) is 1.59. The monoisotopic (exact) mass is 367 g/mol. The van der Waals surface area contributed by atoms with E-state index in [0.29, 0.717) is 12.2 Å². The summed E-state index contributed by atoms with van der Waals surface area (Å²) in [5.74, 6) is -0.960. The highest BCUT2D eigenvalue weighted by molar-refractivity contribution is 6.08. The Hall–Kier alpha value is -3.35. The molecule has 3 rings (SSSR count). The fourth-order valence-corrected chi connectivity index (χ4v) is 3.04. The first kappa shape index (κ1) is 18.4. The van der Waals surface area contributed by atoms with Crippen molar-refractivity contribution in [1.82, 2.24) is 10.2 Å². The Labute approximate surface area is 157 Å². The fourth-order valence-electron chi connectivity index (χ4n) is 3.04. The number of anilines is 1. The lowest BCUT2D eigenvalue weighted by molar-refractivity contribution is -0.129. The molecule has 27 heavy (non-hydrogen) atoms. The molecule has 2 aromatic carbocycles. The van der Waals surface area contributed by atoms with Crippen LogP contribution < -0.4 is 15.8 Å². The summed E-state index contributed by atoms with van der Waals surface area (Å²) in [6.45, 7) is 0.681. The quantitative estimate of drug-likeness (QED) is 0.617. The van der Waals surface area contributed by atoms with E-state index < -0.39 is 17.7 Å².